The lowest BCUT2D eigenvalue weighted by atomic mass is 9.74. The zero-order valence-electron chi connectivity index (χ0n) is 23.7. The molecule has 2 atom stereocenters. The largest absolute Gasteiger partial charge is 0.328 e. The third-order valence-electron chi connectivity index (χ3n) is 8.35. The van der Waals surface area contributed by atoms with Crippen molar-refractivity contribution in [3.63, 3.8) is 0 Å². The highest BCUT2D eigenvalue weighted by molar-refractivity contribution is 5.69. The number of imidazole rings is 1. The molecule has 8 heteroatoms. The van der Waals surface area contributed by atoms with Crippen molar-refractivity contribution in [3.8, 4) is 22.5 Å². The molecule has 1 saturated carbocycles. The number of aromatic amines is 1. The van der Waals surface area contributed by atoms with Gasteiger partial charge in [-0.2, -0.15) is 5.21 Å². The van der Waals surface area contributed by atoms with E-state index in [0.717, 1.165) is 53.6 Å². The Morgan fingerprint density at radius 2 is 1.79 bits per heavy atom. The summed E-state index contributed by atoms with van der Waals surface area (Å²) in [5.74, 6) is 1.05. The van der Waals surface area contributed by atoms with Crippen LogP contribution in [0.1, 0.15) is 89.9 Å². The van der Waals surface area contributed by atoms with Crippen LogP contribution < -0.4 is 5.69 Å². The van der Waals surface area contributed by atoms with Gasteiger partial charge in [0.2, 0.25) is 5.82 Å². The van der Waals surface area contributed by atoms with Gasteiger partial charge in [-0.05, 0) is 65.0 Å². The highest BCUT2D eigenvalue weighted by atomic mass is 16.1. The highest BCUT2D eigenvalue weighted by Gasteiger charge is 2.35. The van der Waals surface area contributed by atoms with Gasteiger partial charge in [0.15, 0.2) is 0 Å². The maximum absolute atomic E-state index is 14.1. The molecule has 39 heavy (non-hydrogen) atoms. The van der Waals surface area contributed by atoms with E-state index in [0.29, 0.717) is 18.3 Å². The monoisotopic (exact) mass is 527 g/mol. The van der Waals surface area contributed by atoms with Crippen molar-refractivity contribution in [2.24, 2.45) is 11.3 Å². The molecular formula is C31H41N7O. The van der Waals surface area contributed by atoms with Gasteiger partial charge in [0.1, 0.15) is 0 Å². The molecule has 5 rings (SSSR count). The third-order valence-corrected chi connectivity index (χ3v) is 8.35. The summed E-state index contributed by atoms with van der Waals surface area (Å²) in [6.07, 6.45) is 14.9. The summed E-state index contributed by atoms with van der Waals surface area (Å²) in [5, 5.41) is 14.3. The lowest BCUT2D eigenvalue weighted by molar-refractivity contribution is 0.148. The summed E-state index contributed by atoms with van der Waals surface area (Å²) >= 11 is 0. The molecule has 2 unspecified atom stereocenters. The number of aryl methyl sites for hydroxylation is 1. The molecule has 0 spiro atoms. The van der Waals surface area contributed by atoms with Crippen LogP contribution in [0.25, 0.3) is 22.5 Å². The summed E-state index contributed by atoms with van der Waals surface area (Å²) in [7, 11) is 0. The first kappa shape index (κ1) is 27.0. The van der Waals surface area contributed by atoms with Gasteiger partial charge >= 0.3 is 5.69 Å². The van der Waals surface area contributed by atoms with E-state index in [-0.39, 0.29) is 17.1 Å². The van der Waals surface area contributed by atoms with Crippen molar-refractivity contribution in [1.29, 1.82) is 0 Å². The van der Waals surface area contributed by atoms with Gasteiger partial charge in [-0.3, -0.25) is 14.1 Å². The predicted molar refractivity (Wildman–Crippen MR) is 154 cm³/mol. The van der Waals surface area contributed by atoms with E-state index in [9.17, 15) is 4.79 Å². The molecule has 0 aliphatic heterocycles. The van der Waals surface area contributed by atoms with Crippen LogP contribution in [0.5, 0.6) is 0 Å². The first-order valence-corrected chi connectivity index (χ1v) is 14.4. The minimum atomic E-state index is 0.115. The number of nitrogens with zero attached hydrogens (tertiary/aromatic N) is 6. The van der Waals surface area contributed by atoms with Crippen LogP contribution in [-0.2, 0) is 13.0 Å². The summed E-state index contributed by atoms with van der Waals surface area (Å²) < 4.78 is 4.11. The van der Waals surface area contributed by atoms with Crippen LogP contribution in [-0.4, -0.2) is 34.7 Å². The summed E-state index contributed by atoms with van der Waals surface area (Å²) in [6.45, 7) is 9.72. The molecule has 0 radical (unpaired) electrons. The van der Waals surface area contributed by atoms with E-state index in [1.54, 1.807) is 0 Å². The Balaban J connectivity index is 1.51. The van der Waals surface area contributed by atoms with Gasteiger partial charge in [-0.15, -0.1) is 10.2 Å². The maximum atomic E-state index is 14.1. The SMILES string of the molecule is CCCCc1cn(C2CCCCCC2C(C)(C)C)c(=O)n1Cc1cnccc1-c1ccc(-c2nn[nH]n2)cc1. The fourth-order valence-corrected chi connectivity index (χ4v) is 6.23. The Labute approximate surface area is 230 Å². The van der Waals surface area contributed by atoms with E-state index < -0.39 is 0 Å². The molecule has 1 aromatic carbocycles. The number of rotatable bonds is 8. The molecule has 1 aliphatic carbocycles. The molecule has 1 fully saturated rings. The van der Waals surface area contributed by atoms with Gasteiger partial charge in [0.25, 0.3) is 0 Å². The zero-order valence-corrected chi connectivity index (χ0v) is 23.7. The standard InChI is InChI=1S/C31H41N7O/c1-5-6-10-25-21-38(28-12-9-7-8-11-27(28)31(2,3)4)30(39)37(25)20-24-19-32-18-17-26(24)22-13-15-23(16-14-22)29-33-35-36-34-29/h13-19,21,27-28H,5-12,20H2,1-4H3,(H,33,34,35,36). The summed E-state index contributed by atoms with van der Waals surface area (Å²) in [5.41, 5.74) is 5.48. The molecule has 3 aromatic heterocycles. The van der Waals surface area contributed by atoms with Crippen molar-refractivity contribution >= 4 is 0 Å². The molecular weight excluding hydrogens is 486 g/mol. The fraction of sp³-hybridized carbons (Fsp3) is 0.516. The van der Waals surface area contributed by atoms with Gasteiger partial charge in [-0.1, -0.05) is 77.6 Å². The topological polar surface area (TPSA) is 94.3 Å². The molecule has 8 nitrogen and oxygen atoms in total. The van der Waals surface area contributed by atoms with Crippen LogP contribution in [0.3, 0.4) is 0 Å². The average Bonchev–Trinajstić information content (AvgIpc) is 3.49. The smallest absolute Gasteiger partial charge is 0.296 e. The molecule has 4 aromatic rings. The maximum Gasteiger partial charge on any atom is 0.328 e. The second kappa shape index (κ2) is 11.7. The molecule has 1 N–H and O–H groups in total. The van der Waals surface area contributed by atoms with Crippen molar-refractivity contribution in [1.82, 2.24) is 34.7 Å². The van der Waals surface area contributed by atoms with Gasteiger partial charge in [-0.25, -0.2) is 4.79 Å². The lowest BCUT2D eigenvalue weighted by Crippen LogP contribution is -2.35. The minimum absolute atomic E-state index is 0.115. The van der Waals surface area contributed by atoms with E-state index in [2.05, 4.69) is 76.2 Å². The predicted octanol–water partition coefficient (Wildman–Crippen LogP) is 6.45. The Morgan fingerprint density at radius 3 is 2.51 bits per heavy atom. The first-order valence-electron chi connectivity index (χ1n) is 14.4. The van der Waals surface area contributed by atoms with Crippen LogP contribution >= 0.6 is 0 Å². The van der Waals surface area contributed by atoms with Crippen LogP contribution in [0.4, 0.5) is 0 Å². The molecule has 0 amide bonds. The van der Waals surface area contributed by atoms with Crippen molar-refractivity contribution in [3.05, 3.63) is 70.7 Å². The molecule has 0 bridgehead atoms. The quantitative estimate of drug-likeness (QED) is 0.266. The number of hydrogen-bond acceptors (Lipinski definition) is 5. The van der Waals surface area contributed by atoms with Crippen LogP contribution in [0.15, 0.2) is 53.7 Å². The second-order valence-corrected chi connectivity index (χ2v) is 12.0. The lowest BCUT2D eigenvalue weighted by Gasteiger charge is -2.36. The van der Waals surface area contributed by atoms with Crippen molar-refractivity contribution in [2.45, 2.75) is 91.6 Å². The second-order valence-electron chi connectivity index (χ2n) is 12.0. The first-order chi connectivity index (χ1) is 18.9. The summed E-state index contributed by atoms with van der Waals surface area (Å²) in [6, 6.07) is 10.4. The number of benzene rings is 1. The Bertz CT molecular complexity index is 1410. The van der Waals surface area contributed by atoms with Crippen LogP contribution in [0.2, 0.25) is 0 Å². The van der Waals surface area contributed by atoms with Gasteiger partial charge in [0, 0.05) is 35.9 Å². The molecule has 1 aliphatic rings. The number of nitrogens with one attached hydrogen (secondary N) is 1. The molecule has 3 heterocycles. The number of tetrazole rings is 1. The van der Waals surface area contributed by atoms with E-state index in [4.69, 9.17) is 0 Å². The van der Waals surface area contributed by atoms with E-state index in [1.807, 2.05) is 35.2 Å². The zero-order chi connectivity index (χ0) is 27.4. The molecule has 206 valence electrons. The number of hydrogen-bond donors (Lipinski definition) is 1. The summed E-state index contributed by atoms with van der Waals surface area (Å²) in [4.78, 5) is 18.6. The highest BCUT2D eigenvalue weighted by Crippen LogP contribution is 2.43. The van der Waals surface area contributed by atoms with Gasteiger partial charge in [0.05, 0.1) is 6.54 Å². The van der Waals surface area contributed by atoms with Crippen molar-refractivity contribution < 1.29 is 0 Å². The Hall–Kier alpha value is -3.55. The normalized spacial score (nSPS) is 18.3. The Kier molecular flexibility index (Phi) is 8.10. The van der Waals surface area contributed by atoms with Crippen LogP contribution in [0, 0.1) is 11.3 Å². The number of unbranched alkanes of at least 4 members (excludes halogenated alkanes) is 1. The van der Waals surface area contributed by atoms with Gasteiger partial charge < -0.3 is 0 Å². The van der Waals surface area contributed by atoms with E-state index in [1.165, 1.54) is 25.7 Å². The Morgan fingerprint density at radius 1 is 1.03 bits per heavy atom. The molecule has 0 saturated heterocycles. The minimum Gasteiger partial charge on any atom is -0.296 e. The number of aromatic nitrogens is 7. The number of H-pyrrole nitrogens is 1. The average molecular weight is 528 g/mol. The number of pyridine rings is 1. The van der Waals surface area contributed by atoms with Crippen molar-refractivity contribution in [2.75, 3.05) is 0 Å². The fourth-order valence-electron chi connectivity index (χ4n) is 6.23. The third kappa shape index (κ3) is 5.89. The van der Waals surface area contributed by atoms with E-state index >= 15 is 0 Å².